The van der Waals surface area contributed by atoms with Crippen LogP contribution in [0.2, 0.25) is 0 Å². The topological polar surface area (TPSA) is 35.8 Å². The minimum absolute atomic E-state index is 0.440. The summed E-state index contributed by atoms with van der Waals surface area (Å²) in [4.78, 5) is 0. The number of hydrogen-bond donors (Lipinski definition) is 1. The first kappa shape index (κ1) is 13.9. The van der Waals surface area contributed by atoms with Crippen molar-refractivity contribution in [3.63, 3.8) is 0 Å². The van der Waals surface area contributed by atoms with Gasteiger partial charge >= 0.3 is 6.18 Å². The van der Waals surface area contributed by atoms with Crippen LogP contribution in [0.3, 0.4) is 0 Å². The Hall–Kier alpha value is -2.48. The average Bonchev–Trinajstić information content (AvgIpc) is 2.38. The Morgan fingerprint density at radius 2 is 1.70 bits per heavy atom. The first-order valence-corrected chi connectivity index (χ1v) is 5.85. The third-order valence-corrected chi connectivity index (χ3v) is 2.79. The standard InChI is InChI=1S/C15H11F3N2/c1-10-2-3-11(9-19)14(8-10)20-13-6-4-12(5-7-13)15(16,17)18/h2-8,20H,1H3. The largest absolute Gasteiger partial charge is 0.416 e. The van der Waals surface area contributed by atoms with Gasteiger partial charge in [0.05, 0.1) is 16.8 Å². The van der Waals surface area contributed by atoms with Gasteiger partial charge in [0.15, 0.2) is 0 Å². The van der Waals surface area contributed by atoms with E-state index in [-0.39, 0.29) is 0 Å². The number of anilines is 2. The molecule has 102 valence electrons. The van der Waals surface area contributed by atoms with Crippen molar-refractivity contribution in [2.24, 2.45) is 0 Å². The number of benzene rings is 2. The predicted molar refractivity (Wildman–Crippen MR) is 70.6 cm³/mol. The van der Waals surface area contributed by atoms with Crippen molar-refractivity contribution in [2.45, 2.75) is 13.1 Å². The monoisotopic (exact) mass is 276 g/mol. The van der Waals surface area contributed by atoms with Gasteiger partial charge in [-0.05, 0) is 48.9 Å². The SMILES string of the molecule is Cc1ccc(C#N)c(Nc2ccc(C(F)(F)F)cc2)c1. The highest BCUT2D eigenvalue weighted by atomic mass is 19.4. The Morgan fingerprint density at radius 1 is 1.05 bits per heavy atom. The molecule has 0 amide bonds. The van der Waals surface area contributed by atoms with E-state index in [4.69, 9.17) is 5.26 Å². The van der Waals surface area contributed by atoms with Gasteiger partial charge < -0.3 is 5.32 Å². The van der Waals surface area contributed by atoms with Crippen LogP contribution in [0.5, 0.6) is 0 Å². The molecule has 0 bridgehead atoms. The highest BCUT2D eigenvalue weighted by Gasteiger charge is 2.29. The van der Waals surface area contributed by atoms with Crippen LogP contribution >= 0.6 is 0 Å². The van der Waals surface area contributed by atoms with Gasteiger partial charge in [0.1, 0.15) is 6.07 Å². The van der Waals surface area contributed by atoms with Gasteiger partial charge in [-0.2, -0.15) is 18.4 Å². The second kappa shape index (κ2) is 5.25. The number of halogens is 3. The molecular formula is C15H11F3N2. The molecule has 2 nitrogen and oxygen atoms in total. The predicted octanol–water partition coefficient (Wildman–Crippen LogP) is 4.63. The molecule has 0 aromatic heterocycles. The van der Waals surface area contributed by atoms with Crippen molar-refractivity contribution in [3.05, 3.63) is 59.2 Å². The molecule has 0 radical (unpaired) electrons. The summed E-state index contributed by atoms with van der Waals surface area (Å²) in [6, 6.07) is 12.0. The molecule has 0 aliphatic rings. The lowest BCUT2D eigenvalue weighted by Crippen LogP contribution is -2.04. The Balaban J connectivity index is 2.27. The highest BCUT2D eigenvalue weighted by Crippen LogP contribution is 2.30. The Morgan fingerprint density at radius 3 is 2.25 bits per heavy atom. The number of alkyl halides is 3. The second-order valence-corrected chi connectivity index (χ2v) is 4.36. The van der Waals surface area contributed by atoms with Crippen molar-refractivity contribution < 1.29 is 13.2 Å². The van der Waals surface area contributed by atoms with E-state index in [1.165, 1.54) is 12.1 Å². The molecule has 0 atom stereocenters. The zero-order chi connectivity index (χ0) is 14.8. The van der Waals surface area contributed by atoms with Gasteiger partial charge in [-0.1, -0.05) is 6.07 Å². The molecule has 0 heterocycles. The maximum absolute atomic E-state index is 12.5. The highest BCUT2D eigenvalue weighted by molar-refractivity contribution is 5.67. The van der Waals surface area contributed by atoms with Gasteiger partial charge in [-0.15, -0.1) is 0 Å². The number of hydrogen-bond acceptors (Lipinski definition) is 2. The van der Waals surface area contributed by atoms with E-state index in [2.05, 4.69) is 5.32 Å². The number of nitrogens with one attached hydrogen (secondary N) is 1. The van der Waals surface area contributed by atoms with Crippen LogP contribution in [-0.2, 0) is 6.18 Å². The summed E-state index contributed by atoms with van der Waals surface area (Å²) in [5, 5.41) is 12.0. The Labute approximate surface area is 114 Å². The number of nitriles is 1. The Kier molecular flexibility index (Phi) is 3.66. The van der Waals surface area contributed by atoms with Crippen molar-refractivity contribution >= 4 is 11.4 Å². The number of nitrogens with zero attached hydrogens (tertiary/aromatic N) is 1. The van der Waals surface area contributed by atoms with E-state index in [1.807, 2.05) is 13.0 Å². The third kappa shape index (κ3) is 3.09. The summed E-state index contributed by atoms with van der Waals surface area (Å²) in [5.74, 6) is 0. The van der Waals surface area contributed by atoms with Crippen LogP contribution in [-0.4, -0.2) is 0 Å². The quantitative estimate of drug-likeness (QED) is 0.868. The minimum Gasteiger partial charge on any atom is -0.354 e. The van der Waals surface area contributed by atoms with Crippen molar-refractivity contribution in [1.29, 1.82) is 5.26 Å². The summed E-state index contributed by atoms with van der Waals surface area (Å²) >= 11 is 0. The maximum Gasteiger partial charge on any atom is 0.416 e. The molecule has 0 fully saturated rings. The van der Waals surface area contributed by atoms with E-state index in [1.54, 1.807) is 18.2 Å². The third-order valence-electron chi connectivity index (χ3n) is 2.79. The molecule has 0 aliphatic heterocycles. The van der Waals surface area contributed by atoms with Crippen LogP contribution in [0.4, 0.5) is 24.5 Å². The fourth-order valence-corrected chi connectivity index (χ4v) is 1.76. The molecule has 0 spiro atoms. The lowest BCUT2D eigenvalue weighted by molar-refractivity contribution is -0.137. The van der Waals surface area contributed by atoms with Crippen molar-refractivity contribution in [3.8, 4) is 6.07 Å². The molecule has 5 heteroatoms. The summed E-state index contributed by atoms with van der Waals surface area (Å²) < 4.78 is 37.4. The molecular weight excluding hydrogens is 265 g/mol. The molecule has 2 aromatic carbocycles. The first-order chi connectivity index (χ1) is 9.40. The van der Waals surface area contributed by atoms with E-state index in [0.29, 0.717) is 16.9 Å². The molecule has 1 N–H and O–H groups in total. The van der Waals surface area contributed by atoms with Gasteiger partial charge in [0.25, 0.3) is 0 Å². The molecule has 2 rings (SSSR count). The van der Waals surface area contributed by atoms with Crippen molar-refractivity contribution in [1.82, 2.24) is 0 Å². The minimum atomic E-state index is -4.35. The van der Waals surface area contributed by atoms with E-state index >= 15 is 0 Å². The lowest BCUT2D eigenvalue weighted by atomic mass is 10.1. The molecule has 0 aliphatic carbocycles. The first-order valence-electron chi connectivity index (χ1n) is 5.85. The molecule has 20 heavy (non-hydrogen) atoms. The van der Waals surface area contributed by atoms with E-state index in [0.717, 1.165) is 17.7 Å². The normalized spacial score (nSPS) is 10.9. The summed E-state index contributed by atoms with van der Waals surface area (Å²) in [6.45, 7) is 1.87. The molecule has 0 saturated carbocycles. The fraction of sp³-hybridized carbons (Fsp3) is 0.133. The van der Waals surface area contributed by atoms with Gasteiger partial charge in [0.2, 0.25) is 0 Å². The maximum atomic E-state index is 12.5. The molecule has 0 saturated heterocycles. The van der Waals surface area contributed by atoms with Gasteiger partial charge in [-0.3, -0.25) is 0 Å². The smallest absolute Gasteiger partial charge is 0.354 e. The number of rotatable bonds is 2. The molecule has 0 unspecified atom stereocenters. The van der Waals surface area contributed by atoms with Crippen LogP contribution < -0.4 is 5.32 Å². The summed E-state index contributed by atoms with van der Waals surface area (Å²) in [6.07, 6.45) is -4.35. The second-order valence-electron chi connectivity index (χ2n) is 4.36. The van der Waals surface area contributed by atoms with Crippen LogP contribution in [0, 0.1) is 18.3 Å². The van der Waals surface area contributed by atoms with Crippen molar-refractivity contribution in [2.75, 3.05) is 5.32 Å². The average molecular weight is 276 g/mol. The Bertz CT molecular complexity index is 652. The molecule has 2 aromatic rings. The van der Waals surface area contributed by atoms with E-state index in [9.17, 15) is 13.2 Å². The zero-order valence-corrected chi connectivity index (χ0v) is 10.6. The van der Waals surface area contributed by atoms with Gasteiger partial charge in [-0.25, -0.2) is 0 Å². The van der Waals surface area contributed by atoms with Gasteiger partial charge in [0, 0.05) is 5.69 Å². The number of aryl methyl sites for hydroxylation is 1. The zero-order valence-electron chi connectivity index (χ0n) is 10.6. The summed E-state index contributed by atoms with van der Waals surface area (Å²) in [5.41, 5.74) is 1.77. The van der Waals surface area contributed by atoms with Crippen LogP contribution in [0.25, 0.3) is 0 Å². The van der Waals surface area contributed by atoms with E-state index < -0.39 is 11.7 Å². The summed E-state index contributed by atoms with van der Waals surface area (Å²) in [7, 11) is 0. The lowest BCUT2D eigenvalue weighted by Gasteiger charge is -2.11. The fourth-order valence-electron chi connectivity index (χ4n) is 1.76. The van der Waals surface area contributed by atoms with Crippen LogP contribution in [0.1, 0.15) is 16.7 Å². The van der Waals surface area contributed by atoms with Crippen LogP contribution in [0.15, 0.2) is 42.5 Å².